The van der Waals surface area contributed by atoms with Crippen LogP contribution in [-0.2, 0) is 11.3 Å². The van der Waals surface area contributed by atoms with E-state index in [0.29, 0.717) is 17.3 Å². The summed E-state index contributed by atoms with van der Waals surface area (Å²) in [4.78, 5) is 16.4. The van der Waals surface area contributed by atoms with Crippen LogP contribution in [0.5, 0.6) is 5.75 Å². The number of rotatable bonds is 6. The zero-order valence-corrected chi connectivity index (χ0v) is 15.4. The van der Waals surface area contributed by atoms with Gasteiger partial charge >= 0.3 is 0 Å². The van der Waals surface area contributed by atoms with Gasteiger partial charge in [-0.2, -0.15) is 0 Å². The lowest BCUT2D eigenvalue weighted by Crippen LogP contribution is -2.35. The first kappa shape index (κ1) is 18.0. The molecule has 1 amide bonds. The number of nitrogens with zero attached hydrogens (tertiary/aromatic N) is 2. The number of carbonyl (C=O) groups is 1. The van der Waals surface area contributed by atoms with Crippen molar-refractivity contribution in [3.8, 4) is 11.4 Å². The predicted octanol–water partition coefficient (Wildman–Crippen LogP) is 3.92. The largest absolute Gasteiger partial charge is 0.481 e. The van der Waals surface area contributed by atoms with E-state index in [9.17, 15) is 4.79 Å². The van der Waals surface area contributed by atoms with Crippen molar-refractivity contribution >= 4 is 17.5 Å². The third-order valence-corrected chi connectivity index (χ3v) is 4.25. The Labute approximate surface area is 157 Å². The van der Waals surface area contributed by atoms with Gasteiger partial charge < -0.3 is 14.6 Å². The van der Waals surface area contributed by atoms with Gasteiger partial charge in [0.05, 0.1) is 0 Å². The van der Waals surface area contributed by atoms with E-state index < -0.39 is 6.10 Å². The summed E-state index contributed by atoms with van der Waals surface area (Å²) < 4.78 is 7.62. The Bertz CT molecular complexity index is 873. The zero-order valence-electron chi connectivity index (χ0n) is 14.6. The average molecular weight is 370 g/mol. The summed E-state index contributed by atoms with van der Waals surface area (Å²) in [5.74, 6) is 1.37. The quantitative estimate of drug-likeness (QED) is 0.716. The Morgan fingerprint density at radius 3 is 2.50 bits per heavy atom. The number of carbonyl (C=O) groups excluding carboxylic acids is 1. The van der Waals surface area contributed by atoms with Crippen LogP contribution in [0.3, 0.4) is 0 Å². The van der Waals surface area contributed by atoms with E-state index in [1.165, 1.54) is 0 Å². The third-order valence-electron chi connectivity index (χ3n) is 4.00. The van der Waals surface area contributed by atoms with Crippen LogP contribution >= 0.6 is 11.6 Å². The van der Waals surface area contributed by atoms with Gasteiger partial charge in [0.15, 0.2) is 6.10 Å². The van der Waals surface area contributed by atoms with Gasteiger partial charge in [0.2, 0.25) is 0 Å². The highest BCUT2D eigenvalue weighted by atomic mass is 35.5. The van der Waals surface area contributed by atoms with Gasteiger partial charge in [-0.15, -0.1) is 0 Å². The fourth-order valence-electron chi connectivity index (χ4n) is 2.53. The van der Waals surface area contributed by atoms with Gasteiger partial charge in [-0.3, -0.25) is 4.79 Å². The molecule has 1 atom stereocenters. The fraction of sp³-hybridized carbons (Fsp3) is 0.200. The summed E-state index contributed by atoms with van der Waals surface area (Å²) >= 11 is 5.84. The minimum Gasteiger partial charge on any atom is -0.481 e. The first-order chi connectivity index (χ1) is 12.5. The fourth-order valence-corrected chi connectivity index (χ4v) is 2.65. The van der Waals surface area contributed by atoms with E-state index >= 15 is 0 Å². The van der Waals surface area contributed by atoms with Crippen LogP contribution in [0.2, 0.25) is 5.02 Å². The molecule has 0 aliphatic carbocycles. The SMILES string of the molecule is Cc1nccn1-c1ccc(CNC(=O)C(C)Oc2ccc(Cl)cc2)cc1. The molecule has 0 aliphatic rings. The monoisotopic (exact) mass is 369 g/mol. The summed E-state index contributed by atoms with van der Waals surface area (Å²) in [6.07, 6.45) is 3.09. The van der Waals surface area contributed by atoms with Crippen molar-refractivity contribution in [2.24, 2.45) is 0 Å². The number of amides is 1. The number of nitrogens with one attached hydrogen (secondary N) is 1. The van der Waals surface area contributed by atoms with Crippen LogP contribution in [0, 0.1) is 6.92 Å². The molecule has 1 unspecified atom stereocenters. The minimum absolute atomic E-state index is 0.172. The smallest absolute Gasteiger partial charge is 0.261 e. The average Bonchev–Trinajstić information content (AvgIpc) is 3.08. The number of imidazole rings is 1. The second-order valence-electron chi connectivity index (χ2n) is 5.94. The Kier molecular flexibility index (Phi) is 5.58. The number of aryl methyl sites for hydroxylation is 1. The molecule has 0 aliphatic heterocycles. The summed E-state index contributed by atoms with van der Waals surface area (Å²) in [5, 5.41) is 3.52. The normalized spacial score (nSPS) is 11.8. The number of hydrogen-bond acceptors (Lipinski definition) is 3. The second kappa shape index (κ2) is 8.06. The van der Waals surface area contributed by atoms with Crippen molar-refractivity contribution in [2.45, 2.75) is 26.5 Å². The zero-order chi connectivity index (χ0) is 18.5. The molecular weight excluding hydrogens is 350 g/mol. The van der Waals surface area contributed by atoms with E-state index in [4.69, 9.17) is 16.3 Å². The van der Waals surface area contributed by atoms with Crippen LogP contribution in [0.15, 0.2) is 60.9 Å². The lowest BCUT2D eigenvalue weighted by molar-refractivity contribution is -0.127. The maximum atomic E-state index is 12.2. The molecule has 1 aromatic heterocycles. The maximum absolute atomic E-state index is 12.2. The first-order valence-corrected chi connectivity index (χ1v) is 8.70. The predicted molar refractivity (Wildman–Crippen MR) is 102 cm³/mol. The van der Waals surface area contributed by atoms with E-state index in [0.717, 1.165) is 17.1 Å². The molecule has 134 valence electrons. The van der Waals surface area contributed by atoms with Crippen molar-refractivity contribution in [1.29, 1.82) is 0 Å². The number of hydrogen-bond donors (Lipinski definition) is 1. The van der Waals surface area contributed by atoms with Crippen LogP contribution < -0.4 is 10.1 Å². The van der Waals surface area contributed by atoms with Crippen molar-refractivity contribution in [3.05, 3.63) is 77.3 Å². The summed E-state index contributed by atoms with van der Waals surface area (Å²) in [6.45, 7) is 4.11. The molecule has 1 N–H and O–H groups in total. The standard InChI is InChI=1S/C20H20ClN3O2/c1-14(26-19-9-5-17(21)6-10-19)20(25)23-13-16-3-7-18(8-4-16)24-12-11-22-15(24)2/h3-12,14H,13H2,1-2H3,(H,23,25). The number of ether oxygens (including phenoxy) is 1. The van der Waals surface area contributed by atoms with Gasteiger partial charge in [0.1, 0.15) is 11.6 Å². The molecule has 0 radical (unpaired) electrons. The summed E-state index contributed by atoms with van der Waals surface area (Å²) in [5.41, 5.74) is 2.05. The Balaban J connectivity index is 1.54. The molecule has 6 heteroatoms. The maximum Gasteiger partial charge on any atom is 0.261 e. The van der Waals surface area contributed by atoms with Crippen LogP contribution in [0.1, 0.15) is 18.3 Å². The molecule has 2 aromatic carbocycles. The van der Waals surface area contributed by atoms with Crippen LogP contribution in [0.25, 0.3) is 5.69 Å². The Hall–Kier alpha value is -2.79. The van der Waals surface area contributed by atoms with Gasteiger partial charge in [-0.05, 0) is 55.8 Å². The molecule has 0 bridgehead atoms. The molecule has 0 saturated heterocycles. The molecule has 0 saturated carbocycles. The molecular formula is C20H20ClN3O2. The highest BCUT2D eigenvalue weighted by molar-refractivity contribution is 6.30. The van der Waals surface area contributed by atoms with Crippen molar-refractivity contribution in [3.63, 3.8) is 0 Å². The first-order valence-electron chi connectivity index (χ1n) is 8.32. The van der Waals surface area contributed by atoms with Crippen molar-refractivity contribution < 1.29 is 9.53 Å². The highest BCUT2D eigenvalue weighted by Gasteiger charge is 2.14. The second-order valence-corrected chi connectivity index (χ2v) is 6.38. The Morgan fingerprint density at radius 1 is 1.19 bits per heavy atom. The van der Waals surface area contributed by atoms with E-state index in [-0.39, 0.29) is 5.91 Å². The van der Waals surface area contributed by atoms with Gasteiger partial charge in [-0.1, -0.05) is 23.7 Å². The molecule has 5 nitrogen and oxygen atoms in total. The number of aromatic nitrogens is 2. The molecule has 0 spiro atoms. The van der Waals surface area contributed by atoms with E-state index in [1.807, 2.05) is 42.0 Å². The Morgan fingerprint density at radius 2 is 1.88 bits per heavy atom. The van der Waals surface area contributed by atoms with Crippen molar-refractivity contribution in [1.82, 2.24) is 14.9 Å². The third kappa shape index (κ3) is 4.43. The van der Waals surface area contributed by atoms with Gasteiger partial charge in [-0.25, -0.2) is 4.98 Å². The summed E-state index contributed by atoms with van der Waals surface area (Å²) in [6, 6.07) is 14.9. The number of benzene rings is 2. The molecule has 0 fully saturated rings. The lowest BCUT2D eigenvalue weighted by Gasteiger charge is -2.15. The molecule has 3 rings (SSSR count). The van der Waals surface area contributed by atoms with Gasteiger partial charge in [0, 0.05) is 29.6 Å². The highest BCUT2D eigenvalue weighted by Crippen LogP contribution is 2.17. The van der Waals surface area contributed by atoms with Crippen LogP contribution in [-0.4, -0.2) is 21.6 Å². The van der Waals surface area contributed by atoms with E-state index in [2.05, 4.69) is 10.3 Å². The molecule has 1 heterocycles. The van der Waals surface area contributed by atoms with Crippen molar-refractivity contribution in [2.75, 3.05) is 0 Å². The summed E-state index contributed by atoms with van der Waals surface area (Å²) in [7, 11) is 0. The minimum atomic E-state index is -0.593. The number of halogens is 1. The molecule has 3 aromatic rings. The topological polar surface area (TPSA) is 56.2 Å². The lowest BCUT2D eigenvalue weighted by atomic mass is 10.2. The van der Waals surface area contributed by atoms with Crippen LogP contribution in [0.4, 0.5) is 0 Å². The van der Waals surface area contributed by atoms with E-state index in [1.54, 1.807) is 37.4 Å². The molecule has 26 heavy (non-hydrogen) atoms. The van der Waals surface area contributed by atoms with Gasteiger partial charge in [0.25, 0.3) is 5.91 Å².